The van der Waals surface area contributed by atoms with Crippen molar-refractivity contribution < 1.29 is 24.2 Å². The average Bonchev–Trinajstić information content (AvgIpc) is 2.99. The number of rotatable bonds is 27. The van der Waals surface area contributed by atoms with E-state index < -0.39 is 6.10 Å². The van der Waals surface area contributed by atoms with Crippen LogP contribution in [-0.4, -0.2) is 36.4 Å². The van der Waals surface area contributed by atoms with Gasteiger partial charge in [-0.25, -0.2) is 0 Å². The fourth-order valence-corrected chi connectivity index (χ4v) is 3.79. The van der Waals surface area contributed by atoms with Crippen molar-refractivity contribution in [3.05, 3.63) is 85.1 Å². The van der Waals surface area contributed by atoms with E-state index >= 15 is 0 Å². The van der Waals surface area contributed by atoms with Crippen LogP contribution in [0.3, 0.4) is 0 Å². The molecule has 5 nitrogen and oxygen atoms in total. The summed E-state index contributed by atoms with van der Waals surface area (Å²) in [7, 11) is 0. The Hall–Kier alpha value is -2.92. The van der Waals surface area contributed by atoms with Crippen LogP contribution in [-0.2, 0) is 19.1 Å². The highest BCUT2D eigenvalue weighted by molar-refractivity contribution is 5.70. The maximum atomic E-state index is 12.1. The number of carbonyl (C=O) groups is 2. The second kappa shape index (κ2) is 32.6. The Balaban J connectivity index is 3.77. The summed E-state index contributed by atoms with van der Waals surface area (Å²) < 4.78 is 10.5. The van der Waals surface area contributed by atoms with E-state index in [4.69, 9.17) is 9.47 Å². The summed E-state index contributed by atoms with van der Waals surface area (Å²) in [5.74, 6) is -0.688. The zero-order valence-corrected chi connectivity index (χ0v) is 26.5. The number of esters is 2. The van der Waals surface area contributed by atoms with Crippen LogP contribution in [0.5, 0.6) is 0 Å². The number of hydrogen-bond acceptors (Lipinski definition) is 5. The summed E-state index contributed by atoms with van der Waals surface area (Å²) in [6, 6.07) is 0. The normalized spacial score (nSPS) is 13.3. The maximum Gasteiger partial charge on any atom is 0.306 e. The smallest absolute Gasteiger partial charge is 0.306 e. The molecular weight excluding hydrogens is 524 g/mol. The predicted molar refractivity (Wildman–Crippen MR) is 177 cm³/mol. The molecule has 0 aliphatic carbocycles. The molecule has 0 saturated heterocycles. The molecule has 0 aromatic rings. The highest BCUT2D eigenvalue weighted by Crippen LogP contribution is 2.08. The summed E-state index contributed by atoms with van der Waals surface area (Å²) >= 11 is 0. The molecule has 0 aliphatic heterocycles. The number of allylic oxidation sites excluding steroid dienone is 14. The van der Waals surface area contributed by atoms with E-state index in [2.05, 4.69) is 98.9 Å². The quantitative estimate of drug-likeness (QED) is 0.0593. The minimum Gasteiger partial charge on any atom is -0.462 e. The lowest BCUT2D eigenvalue weighted by atomic mass is 10.1. The van der Waals surface area contributed by atoms with Gasteiger partial charge in [0.25, 0.3) is 0 Å². The largest absolute Gasteiger partial charge is 0.462 e. The lowest BCUT2D eigenvalue weighted by molar-refractivity contribution is -0.161. The summed E-state index contributed by atoms with van der Waals surface area (Å²) in [5, 5.41) is 9.49. The molecule has 0 radical (unpaired) electrons. The monoisotopic (exact) mass is 582 g/mol. The number of aliphatic hydroxyl groups excluding tert-OH is 1. The van der Waals surface area contributed by atoms with E-state index in [0.717, 1.165) is 89.9 Å². The first-order valence-electron chi connectivity index (χ1n) is 16.1. The molecule has 236 valence electrons. The second-order valence-electron chi connectivity index (χ2n) is 10.1. The van der Waals surface area contributed by atoms with Crippen LogP contribution in [0.15, 0.2) is 85.1 Å². The Morgan fingerprint density at radius 1 is 0.548 bits per heavy atom. The third-order valence-electron chi connectivity index (χ3n) is 6.18. The van der Waals surface area contributed by atoms with Crippen LogP contribution >= 0.6 is 0 Å². The number of carbonyl (C=O) groups excluding carboxylic acids is 2. The van der Waals surface area contributed by atoms with Gasteiger partial charge in [-0.1, -0.05) is 105 Å². The molecule has 5 heteroatoms. The van der Waals surface area contributed by atoms with Crippen molar-refractivity contribution in [1.29, 1.82) is 0 Å². The fourth-order valence-electron chi connectivity index (χ4n) is 3.79. The Labute approximate surface area is 256 Å². The highest BCUT2D eigenvalue weighted by atomic mass is 16.6. The number of aliphatic hydroxyl groups is 1. The highest BCUT2D eigenvalue weighted by Gasteiger charge is 2.15. The molecule has 1 atom stereocenters. The minimum atomic E-state index is -0.808. The Bertz CT molecular complexity index is 844. The number of ether oxygens (including phenoxy) is 2. The van der Waals surface area contributed by atoms with Gasteiger partial charge < -0.3 is 14.6 Å². The molecule has 0 spiro atoms. The summed E-state index contributed by atoms with van der Waals surface area (Å²) in [4.78, 5) is 24.1. The van der Waals surface area contributed by atoms with E-state index in [1.807, 2.05) is 0 Å². The van der Waals surface area contributed by atoms with Gasteiger partial charge in [0.1, 0.15) is 6.61 Å². The van der Waals surface area contributed by atoms with E-state index in [9.17, 15) is 14.7 Å². The van der Waals surface area contributed by atoms with Gasteiger partial charge in [-0.3, -0.25) is 9.59 Å². The van der Waals surface area contributed by atoms with Crippen molar-refractivity contribution >= 4 is 11.9 Å². The zero-order chi connectivity index (χ0) is 30.8. The molecule has 42 heavy (non-hydrogen) atoms. The molecule has 0 bridgehead atoms. The average molecular weight is 583 g/mol. The van der Waals surface area contributed by atoms with Crippen molar-refractivity contribution in [3.63, 3.8) is 0 Å². The van der Waals surface area contributed by atoms with Crippen molar-refractivity contribution in [2.24, 2.45) is 0 Å². The minimum absolute atomic E-state index is 0.104. The fraction of sp³-hybridized carbons (Fsp3) is 0.568. The Kier molecular flexibility index (Phi) is 30.3. The van der Waals surface area contributed by atoms with Gasteiger partial charge in [0.15, 0.2) is 6.10 Å². The van der Waals surface area contributed by atoms with Crippen LogP contribution in [0.2, 0.25) is 0 Å². The predicted octanol–water partition coefficient (Wildman–Crippen LogP) is 9.61. The first-order valence-corrected chi connectivity index (χ1v) is 16.1. The van der Waals surface area contributed by atoms with E-state index in [0.29, 0.717) is 12.8 Å². The van der Waals surface area contributed by atoms with Gasteiger partial charge >= 0.3 is 11.9 Å². The Morgan fingerprint density at radius 3 is 1.43 bits per heavy atom. The van der Waals surface area contributed by atoms with Gasteiger partial charge in [-0.05, 0) is 83.5 Å². The Morgan fingerprint density at radius 2 is 0.952 bits per heavy atom. The summed E-state index contributed by atoms with van der Waals surface area (Å²) in [5.41, 5.74) is 0. The van der Waals surface area contributed by atoms with Gasteiger partial charge in [0.05, 0.1) is 6.61 Å². The second-order valence-corrected chi connectivity index (χ2v) is 10.1. The molecule has 0 aromatic heterocycles. The van der Waals surface area contributed by atoms with Crippen molar-refractivity contribution in [2.45, 2.75) is 123 Å². The first-order chi connectivity index (χ1) is 20.6. The van der Waals surface area contributed by atoms with Crippen LogP contribution in [0.1, 0.15) is 117 Å². The van der Waals surface area contributed by atoms with Gasteiger partial charge in [-0.15, -0.1) is 0 Å². The van der Waals surface area contributed by atoms with Crippen molar-refractivity contribution in [1.82, 2.24) is 0 Å². The third-order valence-corrected chi connectivity index (χ3v) is 6.18. The van der Waals surface area contributed by atoms with Crippen LogP contribution < -0.4 is 0 Å². The van der Waals surface area contributed by atoms with Crippen molar-refractivity contribution in [2.75, 3.05) is 13.2 Å². The van der Waals surface area contributed by atoms with Gasteiger partial charge in [-0.2, -0.15) is 0 Å². The molecule has 0 aliphatic rings. The maximum absolute atomic E-state index is 12.1. The zero-order valence-electron chi connectivity index (χ0n) is 26.5. The topological polar surface area (TPSA) is 72.8 Å². The molecule has 0 heterocycles. The molecule has 0 rings (SSSR count). The molecule has 0 aromatic carbocycles. The van der Waals surface area contributed by atoms with E-state index in [1.165, 1.54) is 0 Å². The molecule has 1 unspecified atom stereocenters. The van der Waals surface area contributed by atoms with E-state index in [-0.39, 0.29) is 25.2 Å². The molecule has 0 saturated carbocycles. The SMILES string of the molecule is CC/C=C\C/C=C\C/C=C\C/C=C\CCCCC(=O)OC(CO)COC(=O)CCCCC/C=C\C/C=C\C/C=C\CC. The summed E-state index contributed by atoms with van der Waals surface area (Å²) in [6.45, 7) is 3.81. The van der Waals surface area contributed by atoms with E-state index in [1.54, 1.807) is 0 Å². The van der Waals surface area contributed by atoms with Crippen molar-refractivity contribution in [3.8, 4) is 0 Å². The van der Waals surface area contributed by atoms with Crippen LogP contribution in [0.25, 0.3) is 0 Å². The molecule has 1 N–H and O–H groups in total. The number of hydrogen-bond donors (Lipinski definition) is 1. The van der Waals surface area contributed by atoms with Crippen LogP contribution in [0, 0.1) is 0 Å². The molecule has 0 fully saturated rings. The standard InChI is InChI=1S/C37H58O5/c1-3-5-7-9-11-13-15-17-18-20-22-24-26-28-30-32-37(40)42-35(33-38)34-41-36(39)31-29-27-25-23-21-19-16-14-12-10-8-6-4-2/h5-8,11-14,17-19,21-22,24,35,38H,3-4,9-10,15-16,20,23,25-34H2,1-2H3/b7-5-,8-6-,13-11-,14-12-,18-17-,21-19-,24-22-. The number of unbranched alkanes of at least 4 members (excludes halogenated alkanes) is 5. The van der Waals surface area contributed by atoms with Gasteiger partial charge in [0.2, 0.25) is 0 Å². The molecule has 0 amide bonds. The van der Waals surface area contributed by atoms with Gasteiger partial charge in [0, 0.05) is 12.8 Å². The third kappa shape index (κ3) is 30.0. The molecular formula is C37H58O5. The lowest BCUT2D eigenvalue weighted by Crippen LogP contribution is -2.28. The lowest BCUT2D eigenvalue weighted by Gasteiger charge is -2.15. The van der Waals surface area contributed by atoms with Crippen LogP contribution in [0.4, 0.5) is 0 Å². The first kappa shape index (κ1) is 39.1. The summed E-state index contributed by atoms with van der Waals surface area (Å²) in [6.07, 6.45) is 43.5.